The number of methoxy groups -OCH3 is 1. The normalized spacial score (nSPS) is 9.84. The summed E-state index contributed by atoms with van der Waals surface area (Å²) in [5.41, 5.74) is 5.46. The fourth-order valence-corrected chi connectivity index (χ4v) is 4.22. The average Bonchev–Trinajstić information content (AvgIpc) is 3.05. The number of hydrogen-bond acceptors (Lipinski definition) is 5. The van der Waals surface area contributed by atoms with Crippen molar-refractivity contribution in [2.75, 3.05) is 42.9 Å². The first-order chi connectivity index (χ1) is 21.2. The minimum absolute atomic E-state index is 0.0592. The van der Waals surface area contributed by atoms with Crippen LogP contribution in [-0.4, -0.2) is 40.6 Å². The molecule has 0 heterocycles. The van der Waals surface area contributed by atoms with Crippen LogP contribution >= 0.6 is 0 Å². The number of halogens is 2. The van der Waals surface area contributed by atoms with Crippen LogP contribution < -0.4 is 24.6 Å². The maximum absolute atomic E-state index is 15.2. The van der Waals surface area contributed by atoms with E-state index >= 15 is 4.39 Å². The Hall–Kier alpha value is -4.92. The molecule has 4 rings (SSSR count). The van der Waals surface area contributed by atoms with E-state index in [1.54, 1.807) is 13.1 Å². The van der Waals surface area contributed by atoms with Crippen molar-refractivity contribution >= 4 is 29.9 Å². The summed E-state index contributed by atoms with van der Waals surface area (Å²) >= 11 is 0. The molecule has 0 aliphatic rings. The van der Waals surface area contributed by atoms with Crippen LogP contribution in [0.3, 0.4) is 0 Å². The second-order valence-corrected chi connectivity index (χ2v) is 9.44. The summed E-state index contributed by atoms with van der Waals surface area (Å²) in [6, 6.07) is 22.2. The summed E-state index contributed by atoms with van der Waals surface area (Å²) in [5.74, 6) is -0.482. The van der Waals surface area contributed by atoms with E-state index in [4.69, 9.17) is 9.47 Å². The van der Waals surface area contributed by atoms with Crippen molar-refractivity contribution in [3.8, 4) is 22.6 Å². The predicted octanol–water partition coefficient (Wildman–Crippen LogP) is 7.86. The van der Waals surface area contributed by atoms with Crippen molar-refractivity contribution in [1.29, 1.82) is 0 Å². The number of benzene rings is 4. The van der Waals surface area contributed by atoms with Gasteiger partial charge in [-0.15, -0.1) is 0 Å². The van der Waals surface area contributed by atoms with Crippen molar-refractivity contribution in [1.82, 2.24) is 0 Å². The van der Waals surface area contributed by atoms with E-state index in [-0.39, 0.29) is 18.2 Å². The lowest BCUT2D eigenvalue weighted by Crippen LogP contribution is -2.23. The summed E-state index contributed by atoms with van der Waals surface area (Å²) < 4.78 is 38.7. The summed E-state index contributed by atoms with van der Waals surface area (Å²) in [4.78, 5) is 25.1. The minimum Gasteiger partial charge on any atom is -0.493 e. The molecule has 234 valence electrons. The molecule has 0 bridgehead atoms. The van der Waals surface area contributed by atoms with Gasteiger partial charge in [-0.25, -0.2) is 8.78 Å². The molecular weight excluding hydrogens is 564 g/mol. The van der Waals surface area contributed by atoms with Crippen LogP contribution in [0.2, 0.25) is 0 Å². The molecule has 1 N–H and O–H groups in total. The van der Waals surface area contributed by atoms with Gasteiger partial charge in [-0.1, -0.05) is 44.2 Å². The molecule has 0 saturated heterocycles. The Bertz CT molecular complexity index is 1480. The molecule has 0 radical (unpaired) electrons. The summed E-state index contributed by atoms with van der Waals surface area (Å²) in [7, 11) is 5.14. The van der Waals surface area contributed by atoms with Gasteiger partial charge in [-0.3, -0.25) is 9.59 Å². The van der Waals surface area contributed by atoms with Crippen LogP contribution in [0.25, 0.3) is 11.1 Å². The highest BCUT2D eigenvalue weighted by molar-refractivity contribution is 5.95. The summed E-state index contributed by atoms with van der Waals surface area (Å²) in [5, 5.41) is 2.39. The summed E-state index contributed by atoms with van der Waals surface area (Å²) in [6.45, 7) is 9.00. The van der Waals surface area contributed by atoms with E-state index < -0.39 is 5.82 Å². The fourth-order valence-electron chi connectivity index (χ4n) is 4.22. The highest BCUT2D eigenvalue weighted by Crippen LogP contribution is 2.43. The number of aryl methyl sites for hydroxylation is 1. The molecule has 44 heavy (non-hydrogen) atoms. The maximum Gasteiger partial charge on any atom is 0.213 e. The number of carbonyl (C=O) groups is 2. The third kappa shape index (κ3) is 9.55. The van der Waals surface area contributed by atoms with Crippen LogP contribution in [-0.2, 0) is 16.2 Å². The molecule has 7 nitrogen and oxygen atoms in total. The second kappa shape index (κ2) is 17.9. The van der Waals surface area contributed by atoms with Gasteiger partial charge in [0.1, 0.15) is 12.4 Å². The zero-order valence-electron chi connectivity index (χ0n) is 26.4. The minimum atomic E-state index is -0.526. The number of nitrogens with zero attached hydrogens (tertiary/aromatic N) is 2. The third-order valence-electron chi connectivity index (χ3n) is 6.47. The van der Waals surface area contributed by atoms with Gasteiger partial charge in [0.2, 0.25) is 12.8 Å². The monoisotopic (exact) mass is 605 g/mol. The Morgan fingerprint density at radius 3 is 2.14 bits per heavy atom. The lowest BCUT2D eigenvalue weighted by molar-refractivity contribution is -0.107. The van der Waals surface area contributed by atoms with E-state index in [2.05, 4.69) is 10.2 Å². The maximum atomic E-state index is 15.2. The van der Waals surface area contributed by atoms with E-state index in [0.717, 1.165) is 35.3 Å². The first-order valence-corrected chi connectivity index (χ1v) is 14.3. The zero-order chi connectivity index (χ0) is 32.6. The number of amides is 2. The number of nitrogens with one attached hydrogen (secondary N) is 1. The molecular formula is C35H41F2N3O4. The number of hydrogen-bond donors (Lipinski definition) is 1. The van der Waals surface area contributed by atoms with Gasteiger partial charge in [0.25, 0.3) is 0 Å². The molecule has 0 atom stereocenters. The van der Waals surface area contributed by atoms with Crippen LogP contribution in [0.4, 0.5) is 25.8 Å². The number of ether oxygens (including phenoxy) is 2. The van der Waals surface area contributed by atoms with Crippen molar-refractivity contribution in [2.45, 2.75) is 34.3 Å². The van der Waals surface area contributed by atoms with Gasteiger partial charge in [0.05, 0.1) is 18.5 Å². The molecule has 2 amide bonds. The highest BCUT2D eigenvalue weighted by atomic mass is 19.1. The molecule has 0 aliphatic carbocycles. The SMILES string of the molecule is CC.CCN(C)c1cc(C)cc(-c2cc(F)c(OCc3ccccc3)c(OC)c2)c1N(C)C=O.O=CNc1ccc(F)cc1. The van der Waals surface area contributed by atoms with Gasteiger partial charge in [0, 0.05) is 31.9 Å². The Labute approximate surface area is 259 Å². The third-order valence-corrected chi connectivity index (χ3v) is 6.47. The van der Waals surface area contributed by atoms with Crippen molar-refractivity contribution in [2.24, 2.45) is 0 Å². The van der Waals surface area contributed by atoms with E-state index in [0.29, 0.717) is 29.1 Å². The summed E-state index contributed by atoms with van der Waals surface area (Å²) in [6.07, 6.45) is 1.30. The van der Waals surface area contributed by atoms with Crippen LogP contribution in [0.15, 0.2) is 78.9 Å². The topological polar surface area (TPSA) is 71.1 Å². The van der Waals surface area contributed by atoms with Crippen LogP contribution in [0, 0.1) is 18.6 Å². The largest absolute Gasteiger partial charge is 0.493 e. The molecule has 0 spiro atoms. The lowest BCUT2D eigenvalue weighted by Gasteiger charge is -2.27. The highest BCUT2D eigenvalue weighted by Gasteiger charge is 2.21. The predicted molar refractivity (Wildman–Crippen MR) is 175 cm³/mol. The average molecular weight is 606 g/mol. The number of carbonyl (C=O) groups excluding carboxylic acids is 2. The lowest BCUT2D eigenvalue weighted by atomic mass is 9.98. The zero-order valence-corrected chi connectivity index (χ0v) is 26.4. The van der Waals surface area contributed by atoms with Crippen LogP contribution in [0.1, 0.15) is 31.9 Å². The van der Waals surface area contributed by atoms with Gasteiger partial charge < -0.3 is 24.6 Å². The molecule has 0 fully saturated rings. The van der Waals surface area contributed by atoms with Crippen LogP contribution in [0.5, 0.6) is 11.5 Å². The van der Waals surface area contributed by atoms with Crippen molar-refractivity contribution in [3.05, 3.63) is 102 Å². The first kappa shape index (κ1) is 35.3. The van der Waals surface area contributed by atoms with Gasteiger partial charge in [-0.05, 0) is 79.1 Å². The molecule has 9 heteroatoms. The van der Waals surface area contributed by atoms with E-state index in [1.165, 1.54) is 42.3 Å². The smallest absolute Gasteiger partial charge is 0.213 e. The van der Waals surface area contributed by atoms with Crippen molar-refractivity contribution in [3.63, 3.8) is 0 Å². The molecule has 4 aromatic carbocycles. The Balaban J connectivity index is 0.000000473. The number of rotatable bonds is 11. The molecule has 0 aliphatic heterocycles. The molecule has 0 unspecified atom stereocenters. The molecule has 4 aromatic rings. The molecule has 0 aromatic heterocycles. The quantitative estimate of drug-likeness (QED) is 0.176. The van der Waals surface area contributed by atoms with Gasteiger partial charge >= 0.3 is 0 Å². The Morgan fingerprint density at radius 1 is 0.909 bits per heavy atom. The van der Waals surface area contributed by atoms with Gasteiger partial charge in [-0.2, -0.15) is 0 Å². The van der Waals surface area contributed by atoms with Crippen molar-refractivity contribution < 1.29 is 27.8 Å². The Morgan fingerprint density at radius 2 is 1.57 bits per heavy atom. The fraction of sp³-hybridized carbons (Fsp3) is 0.257. The number of anilines is 3. The Kier molecular flexibility index (Phi) is 14.4. The second-order valence-electron chi connectivity index (χ2n) is 9.44. The standard InChI is InChI=1S/C26H29FN2O3.C7H6FNO.C2H6/c1-6-28(3)23-13-18(2)12-21(25(23)29(4)17-30)20-14-22(27)26(24(15-20)31-5)32-16-19-10-8-7-9-11-19;8-6-1-3-7(4-2-6)9-5-10;1-2/h7-15,17H,6,16H2,1-5H3;1-5H,(H,9,10);1-2H3. The first-order valence-electron chi connectivity index (χ1n) is 14.3. The molecule has 0 saturated carbocycles. The van der Waals surface area contributed by atoms with E-state index in [9.17, 15) is 14.0 Å². The van der Waals surface area contributed by atoms with Gasteiger partial charge in [0.15, 0.2) is 17.3 Å². The van der Waals surface area contributed by atoms with E-state index in [1.807, 2.05) is 77.2 Å².